The third-order valence-corrected chi connectivity index (χ3v) is 5.14. The molecule has 0 amide bonds. The van der Waals surface area contributed by atoms with Gasteiger partial charge in [0.25, 0.3) is 0 Å². The second-order valence-corrected chi connectivity index (χ2v) is 6.46. The predicted molar refractivity (Wildman–Crippen MR) is 96.2 cm³/mol. The Labute approximate surface area is 132 Å². The van der Waals surface area contributed by atoms with Crippen LogP contribution in [0.3, 0.4) is 0 Å². The number of benzene rings is 3. The molecule has 0 radical (unpaired) electrons. The highest BCUT2D eigenvalue weighted by atomic mass is 32.1. The molecule has 0 atom stereocenters. The van der Waals surface area contributed by atoms with Gasteiger partial charge >= 0.3 is 0 Å². The number of hydrogen-bond donors (Lipinski definition) is 0. The Hall–Kier alpha value is -2.58. The molecule has 0 unspecified atom stereocenters. The summed E-state index contributed by atoms with van der Waals surface area (Å²) in [5.74, 6) is 0. The first-order valence-electron chi connectivity index (χ1n) is 7.38. The first-order chi connectivity index (χ1) is 10.9. The zero-order valence-electron chi connectivity index (χ0n) is 11.9. The van der Waals surface area contributed by atoms with Crippen molar-refractivity contribution in [3.63, 3.8) is 0 Å². The summed E-state index contributed by atoms with van der Waals surface area (Å²) < 4.78 is 3.71. The molecule has 0 bridgehead atoms. The molecule has 5 rings (SSSR count). The average molecular weight is 299 g/mol. The Kier molecular flexibility index (Phi) is 2.43. The zero-order valence-corrected chi connectivity index (χ0v) is 12.7. The molecule has 0 saturated carbocycles. The van der Waals surface area contributed by atoms with Crippen molar-refractivity contribution in [3.05, 3.63) is 78.2 Å². The number of hydrogen-bond acceptors (Lipinski definition) is 1. The molecular formula is C20H13NS. The van der Waals surface area contributed by atoms with Crippen LogP contribution in [0.2, 0.25) is 0 Å². The molecule has 0 saturated heterocycles. The summed E-state index contributed by atoms with van der Waals surface area (Å²) in [4.78, 5) is 0. The lowest BCUT2D eigenvalue weighted by Gasteiger charge is -2.07. The fourth-order valence-electron chi connectivity index (χ4n) is 3.28. The lowest BCUT2D eigenvalue weighted by atomic mass is 10.1. The fraction of sp³-hybridized carbons (Fsp3) is 0. The maximum Gasteiger partial charge on any atom is 0.0548 e. The fourth-order valence-corrected chi connectivity index (χ4v) is 4.09. The van der Waals surface area contributed by atoms with Crippen molar-refractivity contribution in [1.82, 2.24) is 4.57 Å². The molecule has 0 fully saturated rings. The van der Waals surface area contributed by atoms with Crippen molar-refractivity contribution in [1.29, 1.82) is 0 Å². The standard InChI is InChI=1S/C20H13NS/c1-2-6-15(7-3-1)21-18-9-5-4-8-16(18)17-13-20-14(10-11-22-20)12-19(17)21/h1-13H. The van der Waals surface area contributed by atoms with Gasteiger partial charge in [-0.25, -0.2) is 0 Å². The molecule has 2 heteroatoms. The summed E-state index contributed by atoms with van der Waals surface area (Å²) in [6.45, 7) is 0. The van der Waals surface area contributed by atoms with Gasteiger partial charge in [-0.3, -0.25) is 0 Å². The molecule has 0 N–H and O–H groups in total. The van der Waals surface area contributed by atoms with Gasteiger partial charge in [0.2, 0.25) is 0 Å². The van der Waals surface area contributed by atoms with Gasteiger partial charge in [-0.1, -0.05) is 36.4 Å². The van der Waals surface area contributed by atoms with E-state index in [1.165, 1.54) is 37.6 Å². The summed E-state index contributed by atoms with van der Waals surface area (Å²) in [5.41, 5.74) is 3.75. The smallest absolute Gasteiger partial charge is 0.0548 e. The molecule has 0 aliphatic rings. The van der Waals surface area contributed by atoms with Crippen molar-refractivity contribution in [2.75, 3.05) is 0 Å². The SMILES string of the molecule is c1ccc(-n2c3ccccc3c3cc4sccc4cc32)cc1. The molecular weight excluding hydrogens is 286 g/mol. The Balaban J connectivity index is 2.04. The molecule has 2 aromatic heterocycles. The number of nitrogens with zero attached hydrogens (tertiary/aromatic N) is 1. The van der Waals surface area contributed by atoms with Gasteiger partial charge in [0.05, 0.1) is 11.0 Å². The molecule has 0 aliphatic carbocycles. The van der Waals surface area contributed by atoms with Crippen LogP contribution in [0.4, 0.5) is 0 Å². The Bertz CT molecular complexity index is 1120. The normalized spacial score (nSPS) is 11.6. The van der Waals surface area contributed by atoms with Crippen LogP contribution in [-0.4, -0.2) is 4.57 Å². The van der Waals surface area contributed by atoms with Crippen LogP contribution in [0.1, 0.15) is 0 Å². The van der Waals surface area contributed by atoms with E-state index in [4.69, 9.17) is 0 Å². The van der Waals surface area contributed by atoms with Crippen LogP contribution in [0.5, 0.6) is 0 Å². The number of thiophene rings is 1. The van der Waals surface area contributed by atoms with Crippen LogP contribution in [0.25, 0.3) is 37.6 Å². The lowest BCUT2D eigenvalue weighted by Crippen LogP contribution is -1.92. The van der Waals surface area contributed by atoms with E-state index >= 15 is 0 Å². The van der Waals surface area contributed by atoms with Gasteiger partial charge in [0.15, 0.2) is 0 Å². The summed E-state index contributed by atoms with van der Waals surface area (Å²) in [6, 6.07) is 26.1. The highest BCUT2D eigenvalue weighted by Gasteiger charge is 2.12. The number of fused-ring (bicyclic) bond motifs is 4. The minimum absolute atomic E-state index is 1.21. The average Bonchev–Trinajstić information content (AvgIpc) is 3.15. The minimum atomic E-state index is 1.21. The van der Waals surface area contributed by atoms with Crippen LogP contribution < -0.4 is 0 Å². The highest BCUT2D eigenvalue weighted by Crippen LogP contribution is 2.35. The van der Waals surface area contributed by atoms with E-state index in [2.05, 4.69) is 82.7 Å². The van der Waals surface area contributed by atoms with E-state index < -0.39 is 0 Å². The quantitative estimate of drug-likeness (QED) is 0.358. The first-order valence-corrected chi connectivity index (χ1v) is 8.26. The van der Waals surface area contributed by atoms with Gasteiger partial charge in [-0.05, 0) is 47.2 Å². The second-order valence-electron chi connectivity index (χ2n) is 5.52. The number of rotatable bonds is 1. The van der Waals surface area contributed by atoms with Crippen LogP contribution in [0, 0.1) is 0 Å². The maximum absolute atomic E-state index is 2.36. The van der Waals surface area contributed by atoms with E-state index in [0.717, 1.165) is 0 Å². The third kappa shape index (κ3) is 1.59. The summed E-state index contributed by atoms with van der Waals surface area (Å²) in [5, 5.41) is 6.13. The van der Waals surface area contributed by atoms with E-state index in [-0.39, 0.29) is 0 Å². The molecule has 3 aromatic carbocycles. The van der Waals surface area contributed by atoms with Gasteiger partial charge in [0.1, 0.15) is 0 Å². The largest absolute Gasteiger partial charge is 0.309 e. The molecule has 1 nitrogen and oxygen atoms in total. The zero-order chi connectivity index (χ0) is 14.5. The van der Waals surface area contributed by atoms with Crippen molar-refractivity contribution >= 4 is 43.2 Å². The molecule has 104 valence electrons. The van der Waals surface area contributed by atoms with Crippen LogP contribution in [0.15, 0.2) is 78.2 Å². The molecule has 22 heavy (non-hydrogen) atoms. The topological polar surface area (TPSA) is 4.93 Å². The van der Waals surface area contributed by atoms with Gasteiger partial charge in [-0.15, -0.1) is 11.3 Å². The number of para-hydroxylation sites is 2. The summed E-state index contributed by atoms with van der Waals surface area (Å²) >= 11 is 1.81. The second kappa shape index (κ2) is 4.46. The number of aromatic nitrogens is 1. The minimum Gasteiger partial charge on any atom is -0.309 e. The highest BCUT2D eigenvalue weighted by molar-refractivity contribution is 7.17. The Morgan fingerprint density at radius 2 is 1.50 bits per heavy atom. The summed E-state index contributed by atoms with van der Waals surface area (Å²) in [6.07, 6.45) is 0. The van der Waals surface area contributed by atoms with Crippen molar-refractivity contribution in [3.8, 4) is 5.69 Å². The molecule has 2 heterocycles. The van der Waals surface area contributed by atoms with E-state index in [1.807, 2.05) is 0 Å². The predicted octanol–water partition coefficient (Wildman–Crippen LogP) is 6.00. The first kappa shape index (κ1) is 12.0. The van der Waals surface area contributed by atoms with E-state index in [9.17, 15) is 0 Å². The van der Waals surface area contributed by atoms with Crippen molar-refractivity contribution in [2.45, 2.75) is 0 Å². The molecule has 0 spiro atoms. The summed E-state index contributed by atoms with van der Waals surface area (Å²) in [7, 11) is 0. The monoisotopic (exact) mass is 299 g/mol. The molecule has 0 aliphatic heterocycles. The van der Waals surface area contributed by atoms with Crippen molar-refractivity contribution < 1.29 is 0 Å². The van der Waals surface area contributed by atoms with E-state index in [0.29, 0.717) is 0 Å². The van der Waals surface area contributed by atoms with Gasteiger partial charge in [0, 0.05) is 21.2 Å². The van der Waals surface area contributed by atoms with Crippen LogP contribution >= 0.6 is 11.3 Å². The van der Waals surface area contributed by atoms with Crippen LogP contribution in [-0.2, 0) is 0 Å². The van der Waals surface area contributed by atoms with Crippen molar-refractivity contribution in [2.24, 2.45) is 0 Å². The lowest BCUT2D eigenvalue weighted by molar-refractivity contribution is 1.18. The van der Waals surface area contributed by atoms with E-state index in [1.54, 1.807) is 11.3 Å². The Morgan fingerprint density at radius 3 is 2.41 bits per heavy atom. The Morgan fingerprint density at radius 1 is 0.682 bits per heavy atom. The molecule has 5 aromatic rings. The maximum atomic E-state index is 2.36. The van der Waals surface area contributed by atoms with Gasteiger partial charge in [-0.2, -0.15) is 0 Å². The van der Waals surface area contributed by atoms with Gasteiger partial charge < -0.3 is 4.57 Å². The third-order valence-electron chi connectivity index (χ3n) is 4.26.